The molecule has 0 aliphatic rings. The van der Waals surface area contributed by atoms with Crippen LogP contribution in [0.15, 0.2) is 377 Å². The Bertz CT molecular complexity index is 7230. The van der Waals surface area contributed by atoms with Crippen LogP contribution in [-0.4, -0.2) is 17.2 Å². The van der Waals surface area contributed by atoms with Crippen molar-refractivity contribution >= 4 is 180 Å². The SMILES string of the molecule is Brc1cccc(-c2ccc3c(c2)oc2c4ccccc4c4ccccc4c32)c1.OB(O)c1c2ccccc2c(-c2cccc3ccccc23)c2ccccc12.c1cc(-c2ccc3c(c2)oc2c4ccccc4c4ccccc4c32)cc(-c2c3ccccc3c(-c3cccc4ccccc34)c3ccccc23)c1. The second-order valence-electron chi connectivity index (χ2n) is 27.5. The molecule has 2 aromatic heterocycles. The topological polar surface area (TPSA) is 66.7 Å². The van der Waals surface area contributed by atoms with Crippen molar-refractivity contribution in [2.24, 2.45) is 0 Å². The van der Waals surface area contributed by atoms with Gasteiger partial charge in [-0.05, 0) is 201 Å². The third kappa shape index (κ3) is 10.4. The van der Waals surface area contributed by atoms with E-state index < -0.39 is 7.12 Å². The lowest BCUT2D eigenvalue weighted by molar-refractivity contribution is 0.426. The fourth-order valence-corrected chi connectivity index (χ4v) is 17.4. The summed E-state index contributed by atoms with van der Waals surface area (Å²) in [6, 6.07) is 129. The third-order valence-electron chi connectivity index (χ3n) is 21.6. The molecule has 0 spiro atoms. The van der Waals surface area contributed by atoms with Crippen molar-refractivity contribution in [1.29, 1.82) is 0 Å². The van der Waals surface area contributed by atoms with Gasteiger partial charge >= 0.3 is 7.12 Å². The van der Waals surface area contributed by atoms with Crippen LogP contribution in [0.3, 0.4) is 0 Å². The van der Waals surface area contributed by atoms with Gasteiger partial charge in [0.05, 0.1) is 0 Å². The van der Waals surface area contributed by atoms with Gasteiger partial charge in [-0.1, -0.05) is 337 Å². The predicted octanol–water partition coefficient (Wildman–Crippen LogP) is 27.2. The van der Waals surface area contributed by atoms with Crippen LogP contribution in [0.1, 0.15) is 0 Å². The Kier molecular flexibility index (Phi) is 15.3. The normalized spacial score (nSPS) is 11.7. The number of furan rings is 2. The first-order valence-corrected chi connectivity index (χ1v) is 36.7. The van der Waals surface area contributed by atoms with Crippen molar-refractivity contribution in [2.45, 2.75) is 0 Å². The number of halogens is 1. The van der Waals surface area contributed by atoms with Crippen LogP contribution in [-0.2, 0) is 0 Å². The van der Waals surface area contributed by atoms with E-state index in [1.807, 2.05) is 48.5 Å². The van der Waals surface area contributed by atoms with E-state index in [2.05, 4.69) is 331 Å². The number of hydrogen-bond acceptors (Lipinski definition) is 4. The van der Waals surface area contributed by atoms with Crippen molar-refractivity contribution in [3.8, 4) is 55.6 Å². The molecular formula is C100H62BBrO4. The molecule has 0 bridgehead atoms. The predicted molar refractivity (Wildman–Crippen MR) is 454 cm³/mol. The lowest BCUT2D eigenvalue weighted by atomic mass is 9.72. The molecular weight excluding hydrogens is 1360 g/mol. The van der Waals surface area contributed by atoms with E-state index in [0.29, 0.717) is 5.46 Å². The van der Waals surface area contributed by atoms with Crippen LogP contribution in [0.4, 0.5) is 0 Å². The van der Waals surface area contributed by atoms with E-state index >= 15 is 0 Å². The summed E-state index contributed by atoms with van der Waals surface area (Å²) in [7, 11) is -1.53. The number of benzene rings is 20. The van der Waals surface area contributed by atoms with Crippen LogP contribution in [0.5, 0.6) is 0 Å². The molecule has 106 heavy (non-hydrogen) atoms. The molecule has 2 heterocycles. The molecule has 0 amide bonds. The molecule has 0 atom stereocenters. The quantitative estimate of drug-likeness (QED) is 0.0989. The first-order chi connectivity index (χ1) is 52.4. The van der Waals surface area contributed by atoms with Crippen LogP contribution < -0.4 is 5.46 Å². The Hall–Kier alpha value is -12.9. The van der Waals surface area contributed by atoms with Crippen molar-refractivity contribution in [2.75, 3.05) is 0 Å². The van der Waals surface area contributed by atoms with Crippen LogP contribution in [0, 0.1) is 0 Å². The maximum absolute atomic E-state index is 10.1. The summed E-state index contributed by atoms with van der Waals surface area (Å²) < 4.78 is 14.3. The maximum Gasteiger partial charge on any atom is 0.489 e. The van der Waals surface area contributed by atoms with Gasteiger partial charge in [-0.25, -0.2) is 0 Å². The summed E-state index contributed by atoms with van der Waals surface area (Å²) >= 11 is 3.57. The minimum absolute atomic E-state index is 0.560. The minimum atomic E-state index is -1.53. The molecule has 0 saturated carbocycles. The molecule has 0 fully saturated rings. The van der Waals surface area contributed by atoms with Crippen molar-refractivity contribution in [1.82, 2.24) is 0 Å². The zero-order valence-corrected chi connectivity index (χ0v) is 58.9. The molecule has 22 aromatic rings. The molecule has 0 radical (unpaired) electrons. The van der Waals surface area contributed by atoms with Gasteiger partial charge in [0.1, 0.15) is 22.3 Å². The average Bonchev–Trinajstić information content (AvgIpc) is 1.22. The number of hydrogen-bond donors (Lipinski definition) is 2. The molecule has 496 valence electrons. The van der Waals surface area contributed by atoms with Gasteiger partial charge in [0.15, 0.2) is 0 Å². The first-order valence-electron chi connectivity index (χ1n) is 35.9. The molecule has 4 nitrogen and oxygen atoms in total. The van der Waals surface area contributed by atoms with Gasteiger partial charge in [0.25, 0.3) is 0 Å². The fraction of sp³-hybridized carbons (Fsp3) is 0. The second-order valence-corrected chi connectivity index (χ2v) is 28.4. The van der Waals surface area contributed by atoms with E-state index in [-0.39, 0.29) is 0 Å². The number of fused-ring (bicyclic) bond motifs is 22. The number of rotatable bonds is 6. The van der Waals surface area contributed by atoms with Crippen LogP contribution in [0.2, 0.25) is 0 Å². The Morgan fingerprint density at radius 1 is 0.217 bits per heavy atom. The summed E-state index contributed by atoms with van der Waals surface area (Å²) in [5, 5.41) is 48.4. The molecule has 20 aromatic carbocycles. The highest BCUT2D eigenvalue weighted by atomic mass is 79.9. The molecule has 6 heteroatoms. The van der Waals surface area contributed by atoms with Gasteiger partial charge in [0.2, 0.25) is 0 Å². The second kappa shape index (κ2) is 25.8. The van der Waals surface area contributed by atoms with Crippen molar-refractivity contribution in [3.05, 3.63) is 368 Å². The van der Waals surface area contributed by atoms with Gasteiger partial charge in [0, 0.05) is 36.8 Å². The zero-order chi connectivity index (χ0) is 70.5. The molecule has 2 N–H and O–H groups in total. The lowest BCUT2D eigenvalue weighted by Gasteiger charge is -2.19. The van der Waals surface area contributed by atoms with Gasteiger partial charge in [-0.3, -0.25) is 0 Å². The summed E-state index contributed by atoms with van der Waals surface area (Å²) in [5.41, 5.74) is 16.2. The van der Waals surface area contributed by atoms with E-state index in [4.69, 9.17) is 8.83 Å². The third-order valence-corrected chi connectivity index (χ3v) is 22.1. The van der Waals surface area contributed by atoms with E-state index in [1.165, 1.54) is 114 Å². The first kappa shape index (κ1) is 62.8. The Labute approximate surface area is 618 Å². The highest BCUT2D eigenvalue weighted by molar-refractivity contribution is 9.10. The summed E-state index contributed by atoms with van der Waals surface area (Å²) in [5.74, 6) is 0. The average molecular weight is 1420 g/mol. The van der Waals surface area contributed by atoms with Crippen molar-refractivity contribution in [3.63, 3.8) is 0 Å². The highest BCUT2D eigenvalue weighted by Gasteiger charge is 2.25. The summed E-state index contributed by atoms with van der Waals surface area (Å²) in [6.45, 7) is 0. The molecule has 0 aliphatic heterocycles. The molecule has 0 saturated heterocycles. The molecule has 0 unspecified atom stereocenters. The summed E-state index contributed by atoms with van der Waals surface area (Å²) in [6.07, 6.45) is 0. The van der Waals surface area contributed by atoms with E-state index in [0.717, 1.165) is 97.7 Å². The van der Waals surface area contributed by atoms with Crippen LogP contribution >= 0.6 is 15.9 Å². The Balaban J connectivity index is 0.000000115. The zero-order valence-electron chi connectivity index (χ0n) is 57.3. The minimum Gasteiger partial charge on any atom is -0.455 e. The maximum atomic E-state index is 10.1. The van der Waals surface area contributed by atoms with Gasteiger partial charge in [-0.15, -0.1) is 0 Å². The monoisotopic (exact) mass is 1420 g/mol. The van der Waals surface area contributed by atoms with E-state index in [9.17, 15) is 10.0 Å². The van der Waals surface area contributed by atoms with Gasteiger partial charge < -0.3 is 18.9 Å². The molecule has 22 rings (SSSR count). The van der Waals surface area contributed by atoms with Gasteiger partial charge in [-0.2, -0.15) is 0 Å². The Morgan fingerprint density at radius 2 is 0.519 bits per heavy atom. The Morgan fingerprint density at radius 3 is 0.943 bits per heavy atom. The van der Waals surface area contributed by atoms with E-state index in [1.54, 1.807) is 0 Å². The summed E-state index contributed by atoms with van der Waals surface area (Å²) in [4.78, 5) is 0. The largest absolute Gasteiger partial charge is 0.489 e. The standard InChI is InChI=1S/C50H30O.C26H15BrO.C24H17BO2/c1-2-17-35-31(13-1)14-12-26-38(35)48-42-23-8-6-21-40(42)47(41-22-7-9-24-43(41)48)34-16-11-15-32(29-34)33-27-28-45-46(30-33)51-50-44-25-10-4-19-37(44)36-18-3-5-20-39(36)49(45)50;27-18-7-5-6-16(14-18)17-12-13-23-24(15-17)28-26-22-11-4-2-9-20(22)19-8-1-3-10-21(19)25(23)26;26-25(27)24-21-13-5-3-11-19(21)23(20-12-4-6-14-22(20)24)18-15-7-9-16-8-1-2-10-17(16)18/h1-30H;1-15H;1-15,26-27H. The van der Waals surface area contributed by atoms with Crippen LogP contribution in [0.25, 0.3) is 207 Å². The highest BCUT2D eigenvalue weighted by Crippen LogP contribution is 2.49. The lowest BCUT2D eigenvalue weighted by Crippen LogP contribution is -2.31. The smallest absolute Gasteiger partial charge is 0.455 e. The molecule has 0 aliphatic carbocycles. The fourth-order valence-electron chi connectivity index (χ4n) is 17.0. The van der Waals surface area contributed by atoms with Crippen molar-refractivity contribution < 1.29 is 18.9 Å².